The quantitative estimate of drug-likeness (QED) is 0.840. The van der Waals surface area contributed by atoms with E-state index in [1.807, 2.05) is 0 Å². The van der Waals surface area contributed by atoms with Gasteiger partial charge in [-0.2, -0.15) is 0 Å². The fourth-order valence-electron chi connectivity index (χ4n) is 1.86. The maximum Gasteiger partial charge on any atom is 0.130 e. The third-order valence-corrected chi connectivity index (χ3v) is 3.58. The minimum atomic E-state index is -1.54. The predicted molar refractivity (Wildman–Crippen MR) is 82.3 cm³/mol. The zero-order chi connectivity index (χ0) is 15.6. The summed E-state index contributed by atoms with van der Waals surface area (Å²) in [6.45, 7) is 1.26. The monoisotopic (exact) mass is 374 g/mol. The van der Waals surface area contributed by atoms with Crippen molar-refractivity contribution in [3.05, 3.63) is 57.3 Å². The van der Waals surface area contributed by atoms with Gasteiger partial charge in [-0.15, -0.1) is 0 Å². The van der Waals surface area contributed by atoms with Crippen LogP contribution in [0.3, 0.4) is 0 Å². The van der Waals surface area contributed by atoms with E-state index in [0.717, 1.165) is 6.07 Å². The van der Waals surface area contributed by atoms with Crippen molar-refractivity contribution >= 4 is 27.5 Å². The van der Waals surface area contributed by atoms with E-state index >= 15 is 0 Å². The van der Waals surface area contributed by atoms with E-state index in [1.165, 1.54) is 31.2 Å². The molecule has 0 heterocycles. The number of ether oxygens (including phenoxy) is 1. The molecular formula is C15H13BrClFO3. The molecule has 2 rings (SSSR count). The molecule has 1 unspecified atom stereocenters. The molecule has 0 aliphatic heterocycles. The molecular weight excluding hydrogens is 363 g/mol. The molecule has 2 aromatic rings. The largest absolute Gasteiger partial charge is 0.508 e. The van der Waals surface area contributed by atoms with Gasteiger partial charge in [0.15, 0.2) is 0 Å². The predicted octanol–water partition coefficient (Wildman–Crippen LogP) is 4.23. The number of hydrogen-bond acceptors (Lipinski definition) is 3. The Morgan fingerprint density at radius 1 is 1.29 bits per heavy atom. The van der Waals surface area contributed by atoms with Crippen LogP contribution in [0.15, 0.2) is 40.9 Å². The Kier molecular flexibility index (Phi) is 4.76. The summed E-state index contributed by atoms with van der Waals surface area (Å²) in [5.74, 6) is -0.221. The van der Waals surface area contributed by atoms with Gasteiger partial charge in [0.05, 0.1) is 0 Å². The van der Waals surface area contributed by atoms with Crippen LogP contribution in [0.4, 0.5) is 4.39 Å². The molecule has 0 saturated heterocycles. The van der Waals surface area contributed by atoms with Crippen LogP contribution < -0.4 is 4.74 Å². The first-order valence-corrected chi connectivity index (χ1v) is 7.25. The Labute approximate surface area is 135 Å². The van der Waals surface area contributed by atoms with E-state index in [2.05, 4.69) is 15.9 Å². The lowest BCUT2D eigenvalue weighted by Gasteiger charge is -2.24. The minimum Gasteiger partial charge on any atom is -0.508 e. The Balaban J connectivity index is 2.17. The second-order valence-corrected chi connectivity index (χ2v) is 6.18. The summed E-state index contributed by atoms with van der Waals surface area (Å²) >= 11 is 8.91. The first-order valence-electron chi connectivity index (χ1n) is 6.08. The summed E-state index contributed by atoms with van der Waals surface area (Å²) in [5, 5.41) is 20.1. The number of hydrogen-bond donors (Lipinski definition) is 2. The number of halogens is 3. The Morgan fingerprint density at radius 2 is 2.00 bits per heavy atom. The van der Waals surface area contributed by atoms with Gasteiger partial charge in [0.2, 0.25) is 0 Å². The molecule has 2 aromatic carbocycles. The molecule has 21 heavy (non-hydrogen) atoms. The summed E-state index contributed by atoms with van der Waals surface area (Å²) in [4.78, 5) is 0. The molecule has 0 saturated carbocycles. The first kappa shape index (κ1) is 16.1. The molecule has 0 bridgehead atoms. The van der Waals surface area contributed by atoms with Gasteiger partial charge in [-0.1, -0.05) is 33.6 Å². The number of benzene rings is 2. The highest BCUT2D eigenvalue weighted by Gasteiger charge is 2.28. The zero-order valence-corrected chi connectivity index (χ0v) is 13.4. The van der Waals surface area contributed by atoms with Gasteiger partial charge in [0.1, 0.15) is 29.5 Å². The van der Waals surface area contributed by atoms with Crippen molar-refractivity contribution in [2.75, 3.05) is 6.61 Å². The molecule has 1 atom stereocenters. The van der Waals surface area contributed by atoms with E-state index in [0.29, 0.717) is 10.2 Å². The van der Waals surface area contributed by atoms with Crippen molar-refractivity contribution in [1.82, 2.24) is 0 Å². The lowest BCUT2D eigenvalue weighted by atomic mass is 9.96. The minimum absolute atomic E-state index is 0.0247. The molecule has 2 N–H and O–H groups in total. The van der Waals surface area contributed by atoms with Crippen molar-refractivity contribution in [2.45, 2.75) is 12.5 Å². The van der Waals surface area contributed by atoms with Crippen LogP contribution in [-0.2, 0) is 5.60 Å². The van der Waals surface area contributed by atoms with E-state index in [4.69, 9.17) is 16.3 Å². The van der Waals surface area contributed by atoms with E-state index in [1.54, 1.807) is 6.07 Å². The molecule has 0 aliphatic carbocycles. The number of phenols is 1. The Morgan fingerprint density at radius 3 is 2.62 bits per heavy atom. The second kappa shape index (κ2) is 6.22. The van der Waals surface area contributed by atoms with Crippen LogP contribution in [0.5, 0.6) is 11.5 Å². The summed E-state index contributed by atoms with van der Waals surface area (Å²) in [7, 11) is 0. The SMILES string of the molecule is CC(O)(COc1cc(O)cc(Br)c1)c1ccc(Cl)cc1F. The van der Waals surface area contributed by atoms with Crippen LogP contribution in [-0.4, -0.2) is 16.8 Å². The van der Waals surface area contributed by atoms with Gasteiger partial charge >= 0.3 is 0 Å². The maximum absolute atomic E-state index is 13.9. The van der Waals surface area contributed by atoms with E-state index in [9.17, 15) is 14.6 Å². The molecule has 6 heteroatoms. The van der Waals surface area contributed by atoms with E-state index < -0.39 is 11.4 Å². The smallest absolute Gasteiger partial charge is 0.130 e. The van der Waals surface area contributed by atoms with Crippen molar-refractivity contribution in [2.24, 2.45) is 0 Å². The molecule has 0 radical (unpaired) electrons. The summed E-state index contributed by atoms with van der Waals surface area (Å²) in [5.41, 5.74) is -1.45. The lowest BCUT2D eigenvalue weighted by Crippen LogP contribution is -2.30. The third-order valence-electron chi connectivity index (χ3n) is 2.89. The summed E-state index contributed by atoms with van der Waals surface area (Å²) in [6, 6.07) is 8.59. The molecule has 0 spiro atoms. The number of phenolic OH excluding ortho intramolecular Hbond substituents is 1. The number of rotatable bonds is 4. The van der Waals surface area contributed by atoms with Gasteiger partial charge in [0.25, 0.3) is 0 Å². The highest BCUT2D eigenvalue weighted by molar-refractivity contribution is 9.10. The molecule has 0 amide bonds. The summed E-state index contributed by atoms with van der Waals surface area (Å²) in [6.07, 6.45) is 0. The highest BCUT2D eigenvalue weighted by atomic mass is 79.9. The zero-order valence-electron chi connectivity index (χ0n) is 11.1. The maximum atomic E-state index is 13.9. The Bertz CT molecular complexity index is 641. The highest BCUT2D eigenvalue weighted by Crippen LogP contribution is 2.29. The van der Waals surface area contributed by atoms with Crippen molar-refractivity contribution in [3.63, 3.8) is 0 Å². The molecule has 0 aliphatic rings. The fourth-order valence-corrected chi connectivity index (χ4v) is 2.48. The van der Waals surface area contributed by atoms with Crippen molar-refractivity contribution < 1.29 is 19.3 Å². The van der Waals surface area contributed by atoms with Gasteiger partial charge in [-0.05, 0) is 31.2 Å². The molecule has 0 fully saturated rings. The van der Waals surface area contributed by atoms with Gasteiger partial charge in [-0.3, -0.25) is 0 Å². The first-order chi connectivity index (χ1) is 9.78. The number of aromatic hydroxyl groups is 1. The third kappa shape index (κ3) is 4.09. The lowest BCUT2D eigenvalue weighted by molar-refractivity contribution is 0.00461. The van der Waals surface area contributed by atoms with Gasteiger partial charge in [-0.25, -0.2) is 4.39 Å². The van der Waals surface area contributed by atoms with Gasteiger partial charge in [0, 0.05) is 21.1 Å². The van der Waals surface area contributed by atoms with E-state index in [-0.39, 0.29) is 22.9 Å². The van der Waals surface area contributed by atoms with Crippen LogP contribution in [0.1, 0.15) is 12.5 Å². The van der Waals surface area contributed by atoms with Crippen molar-refractivity contribution in [1.29, 1.82) is 0 Å². The fraction of sp³-hybridized carbons (Fsp3) is 0.200. The average molecular weight is 376 g/mol. The molecule has 0 aromatic heterocycles. The van der Waals surface area contributed by atoms with Crippen LogP contribution in [0, 0.1) is 5.82 Å². The van der Waals surface area contributed by atoms with Crippen molar-refractivity contribution in [3.8, 4) is 11.5 Å². The van der Waals surface area contributed by atoms with Crippen LogP contribution >= 0.6 is 27.5 Å². The molecule has 3 nitrogen and oxygen atoms in total. The summed E-state index contributed by atoms with van der Waals surface area (Å²) < 4.78 is 19.9. The Hall–Kier alpha value is -1.30. The van der Waals surface area contributed by atoms with Crippen LogP contribution in [0.25, 0.3) is 0 Å². The second-order valence-electron chi connectivity index (χ2n) is 4.83. The van der Waals surface area contributed by atoms with Crippen LogP contribution in [0.2, 0.25) is 5.02 Å². The number of aliphatic hydroxyl groups is 1. The molecule has 112 valence electrons. The standard InChI is InChI=1S/C15H13BrClFO3/c1-15(20,13-3-2-10(17)6-14(13)18)8-21-12-5-9(16)4-11(19)7-12/h2-7,19-20H,8H2,1H3. The normalized spacial score (nSPS) is 13.8. The van der Waals surface area contributed by atoms with Gasteiger partial charge < -0.3 is 14.9 Å². The average Bonchev–Trinajstić information content (AvgIpc) is 2.35. The topological polar surface area (TPSA) is 49.7 Å².